The molecule has 0 spiro atoms. The minimum atomic E-state index is -0.563. The summed E-state index contributed by atoms with van der Waals surface area (Å²) in [6, 6.07) is 8.37. The summed E-state index contributed by atoms with van der Waals surface area (Å²) in [6.45, 7) is 0. The monoisotopic (exact) mass is 351 g/mol. The molecule has 0 heterocycles. The lowest BCUT2D eigenvalue weighted by atomic mass is 9.96. The Morgan fingerprint density at radius 1 is 1.10 bits per heavy atom. The van der Waals surface area contributed by atoms with Gasteiger partial charge in [0.15, 0.2) is 0 Å². The summed E-state index contributed by atoms with van der Waals surface area (Å²) in [5.74, 6) is -1.11. The van der Waals surface area contributed by atoms with Gasteiger partial charge < -0.3 is 5.73 Å². The summed E-state index contributed by atoms with van der Waals surface area (Å²) in [6.07, 6.45) is 3.49. The van der Waals surface area contributed by atoms with Crippen LogP contribution in [0.4, 0.5) is 8.78 Å². The molecule has 1 unspecified atom stereocenters. The van der Waals surface area contributed by atoms with Gasteiger partial charge in [0.1, 0.15) is 11.6 Å². The third-order valence-electron chi connectivity index (χ3n) is 4.11. The molecule has 3 rings (SSSR count). The number of benzene rings is 2. The van der Waals surface area contributed by atoms with Gasteiger partial charge >= 0.3 is 0 Å². The largest absolute Gasteiger partial charge is 0.324 e. The molecule has 0 saturated carbocycles. The van der Waals surface area contributed by atoms with Crippen LogP contribution >= 0.6 is 15.9 Å². The van der Waals surface area contributed by atoms with E-state index in [0.29, 0.717) is 0 Å². The maximum Gasteiger partial charge on any atom is 0.143 e. The highest BCUT2D eigenvalue weighted by atomic mass is 79.9. The lowest BCUT2D eigenvalue weighted by Crippen LogP contribution is -2.15. The van der Waals surface area contributed by atoms with Crippen molar-refractivity contribution in [3.63, 3.8) is 0 Å². The van der Waals surface area contributed by atoms with Crippen LogP contribution in [0, 0.1) is 11.6 Å². The molecule has 2 N–H and O–H groups in total. The smallest absolute Gasteiger partial charge is 0.143 e. The summed E-state index contributed by atoms with van der Waals surface area (Å²) < 4.78 is 28.1. The molecular weight excluding hydrogens is 336 g/mol. The van der Waals surface area contributed by atoms with E-state index in [4.69, 9.17) is 5.73 Å². The van der Waals surface area contributed by atoms with Gasteiger partial charge in [0, 0.05) is 11.6 Å². The van der Waals surface area contributed by atoms with Crippen molar-refractivity contribution in [2.75, 3.05) is 0 Å². The molecule has 21 heavy (non-hydrogen) atoms. The van der Waals surface area contributed by atoms with Gasteiger partial charge in [-0.15, -0.1) is 0 Å². The van der Waals surface area contributed by atoms with Crippen molar-refractivity contribution in [2.45, 2.75) is 31.7 Å². The second-order valence-corrected chi connectivity index (χ2v) is 6.37. The number of aryl methyl sites for hydroxylation is 2. The van der Waals surface area contributed by atoms with Crippen molar-refractivity contribution in [2.24, 2.45) is 5.73 Å². The van der Waals surface area contributed by atoms with Crippen LogP contribution in [0.2, 0.25) is 0 Å². The second kappa shape index (κ2) is 5.85. The zero-order chi connectivity index (χ0) is 15.0. The first-order valence-electron chi connectivity index (χ1n) is 7.06. The van der Waals surface area contributed by atoms with Crippen LogP contribution in [0.15, 0.2) is 34.8 Å². The molecule has 110 valence electrons. The van der Waals surface area contributed by atoms with Gasteiger partial charge in [0.05, 0.1) is 4.47 Å². The highest BCUT2D eigenvalue weighted by molar-refractivity contribution is 9.10. The fourth-order valence-electron chi connectivity index (χ4n) is 2.92. The first-order chi connectivity index (χ1) is 10.1. The van der Waals surface area contributed by atoms with Crippen LogP contribution in [0.3, 0.4) is 0 Å². The summed E-state index contributed by atoms with van der Waals surface area (Å²) in [5, 5.41) is 0. The number of hydrogen-bond donors (Lipinski definition) is 1. The van der Waals surface area contributed by atoms with E-state index in [1.54, 1.807) is 0 Å². The minimum Gasteiger partial charge on any atom is -0.324 e. The average molecular weight is 352 g/mol. The molecule has 2 aromatic rings. The van der Waals surface area contributed by atoms with Crippen molar-refractivity contribution < 1.29 is 8.78 Å². The summed E-state index contributed by atoms with van der Waals surface area (Å²) in [7, 11) is 0. The van der Waals surface area contributed by atoms with Gasteiger partial charge in [0.25, 0.3) is 0 Å². The fraction of sp³-hybridized carbons (Fsp3) is 0.294. The summed E-state index contributed by atoms with van der Waals surface area (Å²) in [5.41, 5.74) is 9.82. The van der Waals surface area contributed by atoms with E-state index in [1.165, 1.54) is 29.7 Å². The van der Waals surface area contributed by atoms with Gasteiger partial charge in [-0.1, -0.05) is 18.2 Å². The zero-order valence-electron chi connectivity index (χ0n) is 11.5. The number of nitrogens with two attached hydrogens (primary N) is 1. The van der Waals surface area contributed by atoms with E-state index in [-0.39, 0.29) is 16.5 Å². The van der Waals surface area contributed by atoms with Crippen LogP contribution in [-0.2, 0) is 19.3 Å². The standard InChI is InChI=1S/C17H16BrF2N/c18-14-6-7-15(19)13(17(14)20)9-16(21)12-5-4-10-2-1-3-11(10)8-12/h4-8,16H,1-3,9,21H2. The Labute approximate surface area is 131 Å². The van der Waals surface area contributed by atoms with Gasteiger partial charge in [-0.05, 0) is 70.4 Å². The van der Waals surface area contributed by atoms with Crippen molar-refractivity contribution >= 4 is 15.9 Å². The van der Waals surface area contributed by atoms with Crippen LogP contribution in [0.5, 0.6) is 0 Å². The van der Waals surface area contributed by atoms with Crippen LogP contribution in [-0.4, -0.2) is 0 Å². The van der Waals surface area contributed by atoms with Crippen molar-refractivity contribution in [3.8, 4) is 0 Å². The normalized spacial score (nSPS) is 15.0. The maximum absolute atomic E-state index is 14.0. The Morgan fingerprint density at radius 3 is 2.67 bits per heavy atom. The van der Waals surface area contributed by atoms with E-state index >= 15 is 0 Å². The van der Waals surface area contributed by atoms with Gasteiger partial charge in [-0.2, -0.15) is 0 Å². The van der Waals surface area contributed by atoms with Gasteiger partial charge in [-0.3, -0.25) is 0 Å². The Balaban J connectivity index is 1.87. The summed E-state index contributed by atoms with van der Waals surface area (Å²) in [4.78, 5) is 0. The third-order valence-corrected chi connectivity index (χ3v) is 4.73. The molecule has 0 amide bonds. The van der Waals surface area contributed by atoms with E-state index in [9.17, 15) is 8.78 Å². The highest BCUT2D eigenvalue weighted by Gasteiger charge is 2.18. The number of rotatable bonds is 3. The molecule has 0 radical (unpaired) electrons. The first-order valence-corrected chi connectivity index (χ1v) is 7.85. The van der Waals surface area contributed by atoms with Gasteiger partial charge in [0.2, 0.25) is 0 Å². The number of halogens is 3. The molecule has 0 saturated heterocycles. The van der Waals surface area contributed by atoms with Crippen molar-refractivity contribution in [1.82, 2.24) is 0 Å². The predicted octanol–water partition coefficient (Wildman–Crippen LogP) is 4.46. The highest BCUT2D eigenvalue weighted by Crippen LogP contribution is 2.28. The lowest BCUT2D eigenvalue weighted by Gasteiger charge is -2.15. The molecule has 1 nitrogen and oxygen atoms in total. The van der Waals surface area contributed by atoms with E-state index < -0.39 is 17.7 Å². The van der Waals surface area contributed by atoms with Crippen LogP contribution in [0.1, 0.15) is 34.7 Å². The fourth-order valence-corrected chi connectivity index (χ4v) is 3.29. The maximum atomic E-state index is 14.0. The lowest BCUT2D eigenvalue weighted by molar-refractivity contribution is 0.536. The molecule has 0 aromatic heterocycles. The molecule has 0 aliphatic heterocycles. The average Bonchev–Trinajstić information content (AvgIpc) is 2.94. The Bertz CT molecular complexity index is 685. The first kappa shape index (κ1) is 14.7. The minimum absolute atomic E-state index is 0.0392. The van der Waals surface area contributed by atoms with Crippen LogP contribution < -0.4 is 5.73 Å². The predicted molar refractivity (Wildman–Crippen MR) is 83.2 cm³/mol. The molecule has 0 fully saturated rings. The molecule has 0 bridgehead atoms. The Hall–Kier alpha value is -1.26. The molecule has 2 aromatic carbocycles. The summed E-state index contributed by atoms with van der Waals surface area (Å²) >= 11 is 3.08. The quantitative estimate of drug-likeness (QED) is 0.811. The molecular formula is C17H16BrF2N. The third kappa shape index (κ3) is 2.87. The Kier molecular flexibility index (Phi) is 4.09. The zero-order valence-corrected chi connectivity index (χ0v) is 13.1. The SMILES string of the molecule is NC(Cc1c(F)ccc(Br)c1F)c1ccc2c(c1)CCC2. The van der Waals surface area contributed by atoms with Crippen LogP contribution in [0.25, 0.3) is 0 Å². The second-order valence-electron chi connectivity index (χ2n) is 5.51. The molecule has 1 atom stereocenters. The van der Waals surface area contributed by atoms with Crippen molar-refractivity contribution in [3.05, 3.63) is 68.7 Å². The molecule has 1 aliphatic rings. The van der Waals surface area contributed by atoms with Crippen molar-refractivity contribution in [1.29, 1.82) is 0 Å². The number of hydrogen-bond acceptors (Lipinski definition) is 1. The topological polar surface area (TPSA) is 26.0 Å². The molecule has 4 heteroatoms. The molecule has 1 aliphatic carbocycles. The van der Waals surface area contributed by atoms with Gasteiger partial charge in [-0.25, -0.2) is 8.78 Å². The van der Waals surface area contributed by atoms with E-state index in [2.05, 4.69) is 28.1 Å². The van der Waals surface area contributed by atoms with E-state index in [1.807, 2.05) is 6.07 Å². The Morgan fingerprint density at radius 2 is 1.86 bits per heavy atom. The van der Waals surface area contributed by atoms with E-state index in [0.717, 1.165) is 18.4 Å². The number of fused-ring (bicyclic) bond motifs is 1.